The van der Waals surface area contributed by atoms with Crippen LogP contribution in [-0.2, 0) is 9.84 Å². The fourth-order valence-electron chi connectivity index (χ4n) is 1.72. The number of sulfone groups is 1. The molecule has 2 rings (SSSR count). The zero-order valence-electron chi connectivity index (χ0n) is 10.9. The summed E-state index contributed by atoms with van der Waals surface area (Å²) >= 11 is 1.13. The van der Waals surface area contributed by atoms with Crippen LogP contribution in [0.1, 0.15) is 28.5 Å². The van der Waals surface area contributed by atoms with Crippen molar-refractivity contribution in [3.63, 3.8) is 0 Å². The number of hydrogen-bond donors (Lipinski definition) is 3. The molecule has 0 saturated carbocycles. The van der Waals surface area contributed by atoms with Gasteiger partial charge >= 0.3 is 12.0 Å². The van der Waals surface area contributed by atoms with Crippen LogP contribution in [-0.4, -0.2) is 42.3 Å². The van der Waals surface area contributed by atoms with Crippen molar-refractivity contribution < 1.29 is 23.1 Å². The topological polar surface area (TPSA) is 125 Å². The molecule has 0 spiro atoms. The molecular weight excluding hydrogens is 318 g/mol. The van der Waals surface area contributed by atoms with E-state index in [1.807, 2.05) is 0 Å². The number of thiazole rings is 1. The highest BCUT2D eigenvalue weighted by atomic mass is 32.2. The molecule has 0 bridgehead atoms. The number of carboxylic acids is 1. The average molecular weight is 331 g/mol. The van der Waals surface area contributed by atoms with Gasteiger partial charge in [0, 0.05) is 10.8 Å². The predicted molar refractivity (Wildman–Crippen MR) is 75.9 cm³/mol. The van der Waals surface area contributed by atoms with E-state index in [0.717, 1.165) is 16.7 Å². The van der Waals surface area contributed by atoms with Crippen molar-refractivity contribution in [2.45, 2.75) is 19.0 Å². The summed E-state index contributed by atoms with van der Waals surface area (Å²) in [5, 5.41) is 16.8. The van der Waals surface area contributed by atoms with Crippen LogP contribution in [0.15, 0.2) is 16.9 Å². The Morgan fingerprint density at radius 3 is 2.76 bits per heavy atom. The van der Waals surface area contributed by atoms with Crippen molar-refractivity contribution in [1.29, 1.82) is 0 Å². The van der Waals surface area contributed by atoms with Crippen molar-refractivity contribution in [1.82, 2.24) is 15.6 Å². The minimum absolute atomic E-state index is 0.0751. The first-order valence-corrected chi connectivity index (χ1v) is 8.53. The van der Waals surface area contributed by atoms with Gasteiger partial charge in [0.25, 0.3) is 0 Å². The molecule has 3 N–H and O–H groups in total. The van der Waals surface area contributed by atoms with Crippen molar-refractivity contribution in [2.75, 3.05) is 5.75 Å². The van der Waals surface area contributed by atoms with Crippen LogP contribution in [0.2, 0.25) is 0 Å². The van der Waals surface area contributed by atoms with Crippen LogP contribution in [0.5, 0.6) is 0 Å². The van der Waals surface area contributed by atoms with E-state index in [9.17, 15) is 18.0 Å². The van der Waals surface area contributed by atoms with Gasteiger partial charge in [-0.1, -0.05) is 0 Å². The lowest BCUT2D eigenvalue weighted by Gasteiger charge is -2.14. The molecule has 0 aliphatic carbocycles. The van der Waals surface area contributed by atoms with Gasteiger partial charge in [0.1, 0.15) is 5.01 Å². The van der Waals surface area contributed by atoms with Gasteiger partial charge in [-0.05, 0) is 13.0 Å². The molecule has 2 unspecified atom stereocenters. The van der Waals surface area contributed by atoms with Crippen molar-refractivity contribution in [3.8, 4) is 0 Å². The molecule has 2 heterocycles. The fourth-order valence-corrected chi connectivity index (χ4v) is 3.75. The Morgan fingerprint density at radius 2 is 2.24 bits per heavy atom. The van der Waals surface area contributed by atoms with E-state index in [2.05, 4.69) is 15.6 Å². The molecule has 114 valence electrons. The van der Waals surface area contributed by atoms with Crippen LogP contribution in [0.4, 0.5) is 4.79 Å². The molecule has 1 aliphatic heterocycles. The van der Waals surface area contributed by atoms with Crippen LogP contribution in [0.3, 0.4) is 0 Å². The van der Waals surface area contributed by atoms with Gasteiger partial charge in [-0.3, -0.25) is 0 Å². The number of carbonyl (C=O) groups is 2. The Labute approximate surface area is 124 Å². The second-order valence-electron chi connectivity index (χ2n) is 4.48. The maximum Gasteiger partial charge on any atom is 0.355 e. The number of aromatic carboxylic acids is 1. The van der Waals surface area contributed by atoms with Gasteiger partial charge in [0.15, 0.2) is 15.5 Å². The summed E-state index contributed by atoms with van der Waals surface area (Å²) < 4.78 is 22.4. The molecule has 2 amide bonds. The zero-order valence-corrected chi connectivity index (χ0v) is 12.6. The molecule has 0 saturated heterocycles. The maximum absolute atomic E-state index is 11.7. The van der Waals surface area contributed by atoms with Gasteiger partial charge in [-0.15, -0.1) is 11.3 Å². The van der Waals surface area contributed by atoms with Gasteiger partial charge in [0.2, 0.25) is 0 Å². The molecule has 10 heteroatoms. The van der Waals surface area contributed by atoms with E-state index < -0.39 is 33.9 Å². The van der Waals surface area contributed by atoms with Crippen molar-refractivity contribution in [3.05, 3.63) is 27.6 Å². The van der Waals surface area contributed by atoms with Gasteiger partial charge in [0.05, 0.1) is 17.8 Å². The largest absolute Gasteiger partial charge is 0.476 e. The number of carbonyl (C=O) groups excluding carboxylic acids is 1. The summed E-state index contributed by atoms with van der Waals surface area (Å²) in [6.45, 7) is 1.66. The lowest BCUT2D eigenvalue weighted by atomic mass is 10.3. The lowest BCUT2D eigenvalue weighted by molar-refractivity contribution is 0.0691. The van der Waals surface area contributed by atoms with Gasteiger partial charge < -0.3 is 15.7 Å². The Bertz CT molecular complexity index is 694. The first-order valence-electron chi connectivity index (χ1n) is 5.93. The molecule has 1 aromatic rings. The van der Waals surface area contributed by atoms with E-state index in [-0.39, 0.29) is 11.4 Å². The normalized spacial score (nSPS) is 20.9. The van der Waals surface area contributed by atoms with Crippen LogP contribution in [0, 0.1) is 0 Å². The Balaban J connectivity index is 1.90. The molecule has 0 radical (unpaired) electrons. The van der Waals surface area contributed by atoms with Crippen LogP contribution in [0.25, 0.3) is 0 Å². The number of rotatable bonds is 4. The highest BCUT2D eigenvalue weighted by molar-refractivity contribution is 7.94. The third kappa shape index (κ3) is 4.02. The number of nitrogens with one attached hydrogen (secondary N) is 2. The summed E-state index contributed by atoms with van der Waals surface area (Å²) in [5.74, 6) is -1.29. The summed E-state index contributed by atoms with van der Waals surface area (Å²) in [6, 6.07) is -1.58. The first kappa shape index (κ1) is 15.4. The monoisotopic (exact) mass is 331 g/mol. The molecule has 1 aromatic heterocycles. The summed E-state index contributed by atoms with van der Waals surface area (Å²) in [7, 11) is -3.23. The molecule has 21 heavy (non-hydrogen) atoms. The van der Waals surface area contributed by atoms with Crippen LogP contribution >= 0.6 is 11.3 Å². The molecule has 0 fully saturated rings. The SMILES string of the molecule is CC(NC(=O)NC1C=CS(=O)(=O)C1)c1nc(C(=O)O)cs1. The predicted octanol–water partition coefficient (Wildman–Crippen LogP) is 0.512. The molecule has 2 atom stereocenters. The Morgan fingerprint density at radius 1 is 1.52 bits per heavy atom. The minimum Gasteiger partial charge on any atom is -0.476 e. The smallest absolute Gasteiger partial charge is 0.355 e. The number of carboxylic acid groups (broad SMARTS) is 1. The number of aromatic nitrogens is 1. The van der Waals surface area contributed by atoms with Crippen molar-refractivity contribution >= 4 is 33.2 Å². The fraction of sp³-hybridized carbons (Fsp3) is 0.364. The quantitative estimate of drug-likeness (QED) is 0.738. The number of urea groups is 1. The standard InChI is InChI=1S/C11H13N3O5S2/c1-6(9-14-8(4-20-9)10(15)16)12-11(17)13-7-2-3-21(18,19)5-7/h2-4,6-7H,5H2,1H3,(H,15,16)(H2,12,13,17). The average Bonchev–Trinajstić information content (AvgIpc) is 2.95. The van der Waals surface area contributed by atoms with Crippen LogP contribution < -0.4 is 10.6 Å². The van der Waals surface area contributed by atoms with E-state index in [4.69, 9.17) is 5.11 Å². The number of nitrogens with zero attached hydrogens (tertiary/aromatic N) is 1. The van der Waals surface area contributed by atoms with E-state index in [0.29, 0.717) is 5.01 Å². The summed E-state index contributed by atoms with van der Waals surface area (Å²) in [5.41, 5.74) is -0.0751. The first-order chi connectivity index (χ1) is 9.77. The highest BCUT2D eigenvalue weighted by Gasteiger charge is 2.24. The molecule has 0 aromatic carbocycles. The molecular formula is C11H13N3O5S2. The number of amides is 2. The maximum atomic E-state index is 11.7. The van der Waals surface area contributed by atoms with E-state index in [1.54, 1.807) is 6.92 Å². The Hall–Kier alpha value is -1.94. The Kier molecular flexibility index (Phi) is 4.28. The van der Waals surface area contributed by atoms with E-state index in [1.165, 1.54) is 11.5 Å². The lowest BCUT2D eigenvalue weighted by Crippen LogP contribution is -2.43. The zero-order chi connectivity index (χ0) is 15.6. The third-order valence-corrected chi connectivity index (χ3v) is 5.13. The molecule has 1 aliphatic rings. The molecule has 8 nitrogen and oxygen atoms in total. The highest BCUT2D eigenvalue weighted by Crippen LogP contribution is 2.18. The summed E-state index contributed by atoms with van der Waals surface area (Å²) in [6.07, 6.45) is 1.41. The second-order valence-corrected chi connectivity index (χ2v) is 7.30. The van der Waals surface area contributed by atoms with E-state index >= 15 is 0 Å². The minimum atomic E-state index is -3.23. The van der Waals surface area contributed by atoms with Gasteiger partial charge in [-0.2, -0.15) is 0 Å². The van der Waals surface area contributed by atoms with Crippen molar-refractivity contribution in [2.24, 2.45) is 0 Å². The summed E-state index contributed by atoms with van der Waals surface area (Å²) in [4.78, 5) is 26.4. The third-order valence-electron chi connectivity index (χ3n) is 2.71. The van der Waals surface area contributed by atoms with Gasteiger partial charge in [-0.25, -0.2) is 23.0 Å². The number of hydrogen-bond acceptors (Lipinski definition) is 6. The second kappa shape index (κ2) is 5.82.